The molecule has 12 aromatic rings. The Morgan fingerprint density at radius 3 is 1.00 bits per heavy atom. The Kier molecular flexibility index (Phi) is 23.7. The van der Waals surface area contributed by atoms with Gasteiger partial charge in [0.25, 0.3) is 0 Å². The zero-order chi connectivity index (χ0) is 82.3. The van der Waals surface area contributed by atoms with Gasteiger partial charge in [-0.1, -0.05) is 79.7 Å². The Balaban J connectivity index is 0.000000124. The average Bonchev–Trinajstić information content (AvgIpc) is 1.64. The third-order valence-corrected chi connectivity index (χ3v) is 24.0. The number of carbonyl (C=O) groups is 3. The lowest BCUT2D eigenvalue weighted by atomic mass is 10.1. The van der Waals surface area contributed by atoms with E-state index < -0.39 is 0 Å². The van der Waals surface area contributed by atoms with Crippen LogP contribution in [0.3, 0.4) is 0 Å². The number of anilines is 3. The number of likely N-dealkylation sites (tertiary alicyclic amines) is 3. The molecule has 8 fully saturated rings. The third kappa shape index (κ3) is 18.8. The molecule has 3 aliphatic heterocycles. The number of nitrogen functional groups attached to an aromatic ring is 3. The van der Waals surface area contributed by atoms with Crippen molar-refractivity contribution in [3.05, 3.63) is 219 Å². The summed E-state index contributed by atoms with van der Waals surface area (Å²) >= 11 is 0. The highest BCUT2D eigenvalue weighted by Gasteiger charge is 2.41. The lowest BCUT2D eigenvalue weighted by Gasteiger charge is -2.32. The van der Waals surface area contributed by atoms with Crippen LogP contribution >= 0.6 is 0 Å². The van der Waals surface area contributed by atoms with Crippen molar-refractivity contribution in [1.29, 1.82) is 0 Å². The summed E-state index contributed by atoms with van der Waals surface area (Å²) in [6.07, 6.45) is 33.3. The van der Waals surface area contributed by atoms with Crippen LogP contribution in [0.1, 0.15) is 121 Å². The van der Waals surface area contributed by atoms with Crippen LogP contribution in [0.4, 0.5) is 17.5 Å². The fraction of sp³-hybridized carbons (Fsp3) is 0.362. The van der Waals surface area contributed by atoms with Gasteiger partial charge in [0.05, 0.1) is 34.3 Å². The van der Waals surface area contributed by atoms with E-state index in [9.17, 15) is 14.4 Å². The van der Waals surface area contributed by atoms with E-state index in [0.29, 0.717) is 73.2 Å². The van der Waals surface area contributed by atoms with Crippen molar-refractivity contribution in [3.8, 4) is 68.3 Å². The van der Waals surface area contributed by atoms with Gasteiger partial charge in [-0.25, -0.2) is 43.9 Å². The van der Waals surface area contributed by atoms with Crippen LogP contribution in [0.2, 0.25) is 0 Å². The molecule has 0 spiro atoms. The van der Waals surface area contributed by atoms with E-state index in [2.05, 4.69) is 57.6 Å². The molecule has 5 saturated carbocycles. The number of carbonyl (C=O) groups excluding carboxylic acids is 3. The van der Waals surface area contributed by atoms with Crippen molar-refractivity contribution in [2.75, 3.05) is 82.6 Å². The van der Waals surface area contributed by atoms with Crippen molar-refractivity contribution < 1.29 is 28.6 Å². The maximum absolute atomic E-state index is 13.2. The Hall–Kier alpha value is -12.7. The fourth-order valence-corrected chi connectivity index (χ4v) is 17.0. The smallest absolute Gasteiger partial charge is 0.246 e. The largest absolute Gasteiger partial charge is 0.457 e. The molecule has 6 aromatic carbocycles. The molecule has 0 bridgehead atoms. The molecule has 6 N–H and O–H groups in total. The van der Waals surface area contributed by atoms with Gasteiger partial charge in [-0.15, -0.1) is 0 Å². The fourth-order valence-electron chi connectivity index (χ4n) is 17.0. The molecule has 8 aliphatic rings. The molecular formula is C94H103N21O6. The van der Waals surface area contributed by atoms with E-state index in [1.54, 1.807) is 18.2 Å². The molecule has 3 saturated heterocycles. The van der Waals surface area contributed by atoms with Crippen LogP contribution in [-0.4, -0.2) is 202 Å². The number of para-hydroxylation sites is 3. The van der Waals surface area contributed by atoms with Crippen molar-refractivity contribution in [2.24, 2.45) is 0 Å². The normalized spacial score (nSPS) is 18.6. The second kappa shape index (κ2) is 36.1. The highest BCUT2D eigenvalue weighted by molar-refractivity contribution is 6.01. The molecule has 3 atom stereocenters. The van der Waals surface area contributed by atoms with Crippen LogP contribution < -0.4 is 31.4 Å². The van der Waals surface area contributed by atoms with Gasteiger partial charge in [0.2, 0.25) is 17.7 Å². The molecule has 20 rings (SSSR count). The molecule has 121 heavy (non-hydrogen) atoms. The number of nitrogens with two attached hydrogens (primary N) is 3. The summed E-state index contributed by atoms with van der Waals surface area (Å²) in [5.41, 5.74) is 26.0. The number of piperidine rings is 1. The summed E-state index contributed by atoms with van der Waals surface area (Å²) in [5, 5.41) is 17.1. The highest BCUT2D eigenvalue weighted by Crippen LogP contribution is 2.42. The second-order valence-electron chi connectivity index (χ2n) is 32.9. The molecule has 5 aliphatic carbocycles. The molecule has 3 amide bonds. The van der Waals surface area contributed by atoms with Crippen LogP contribution in [0, 0.1) is 0 Å². The van der Waals surface area contributed by atoms with Gasteiger partial charge < -0.3 is 46.1 Å². The van der Waals surface area contributed by atoms with Crippen LogP contribution in [0.5, 0.6) is 34.5 Å². The minimum absolute atomic E-state index is 0.00163. The second-order valence-corrected chi connectivity index (χ2v) is 32.9. The van der Waals surface area contributed by atoms with E-state index in [1.165, 1.54) is 83.2 Å². The quantitative estimate of drug-likeness (QED) is 0.0384. The maximum atomic E-state index is 13.2. The minimum atomic E-state index is 0.00163. The molecule has 27 heteroatoms. The number of nitrogens with zero attached hydrogens (tertiary/aromatic N) is 18. The molecule has 620 valence electrons. The van der Waals surface area contributed by atoms with Crippen molar-refractivity contribution in [1.82, 2.24) is 88.6 Å². The predicted octanol–water partition coefficient (Wildman–Crippen LogP) is 15.1. The van der Waals surface area contributed by atoms with Gasteiger partial charge in [0.15, 0.2) is 16.9 Å². The van der Waals surface area contributed by atoms with Crippen LogP contribution in [0.25, 0.3) is 66.9 Å². The molecular weight excluding hydrogens is 1520 g/mol. The maximum Gasteiger partial charge on any atom is 0.246 e. The molecule has 9 heterocycles. The topological polar surface area (TPSA) is 307 Å². The number of rotatable bonds is 28. The van der Waals surface area contributed by atoms with Crippen molar-refractivity contribution in [3.63, 3.8) is 0 Å². The monoisotopic (exact) mass is 1620 g/mol. The first-order valence-electron chi connectivity index (χ1n) is 43.0. The van der Waals surface area contributed by atoms with E-state index in [4.69, 9.17) is 46.7 Å². The molecule has 0 unspecified atom stereocenters. The number of hydrogen-bond donors (Lipinski definition) is 3. The first-order valence-corrected chi connectivity index (χ1v) is 43.0. The van der Waals surface area contributed by atoms with Crippen LogP contribution in [-0.2, 0) is 14.4 Å². The van der Waals surface area contributed by atoms with Gasteiger partial charge in [-0.3, -0.25) is 29.1 Å². The molecule has 6 aromatic heterocycles. The number of benzene rings is 6. The Labute approximate surface area is 703 Å². The van der Waals surface area contributed by atoms with E-state index in [1.807, 2.05) is 205 Å². The summed E-state index contributed by atoms with van der Waals surface area (Å²) in [5.74, 6) is 5.89. The van der Waals surface area contributed by atoms with Crippen molar-refractivity contribution in [2.45, 2.75) is 152 Å². The molecule has 0 radical (unpaired) electrons. The average molecular weight is 1620 g/mol. The van der Waals surface area contributed by atoms with E-state index in [-0.39, 0.29) is 35.8 Å². The summed E-state index contributed by atoms with van der Waals surface area (Å²) in [6, 6.07) is 56.0. The standard InChI is InChI=1S/C32H35N7O2.C31H33N7O2.C31H35N7O2/c33-31-29-30(22-10-16-27(17-11-22)41-26-7-2-1-3-8-26)36-39(32(29)35-21-34-31)25-6-4-18-37(20-25)28(40)9-5-19-38(23-12-13-23)24-14-15-24;32-30-28-29(21-8-14-26(15-9-21)40-25-5-2-1-3-6-25)35-38(31(28)34-20-33-30)24-16-18-36(19-24)27(39)7-4-17-37(22-10-11-22)23-12-13-23;1-2-17-36(23-12-13-23)18-6-9-27(39)37-19-16-24(20-37)38-31-28(30(32)33-21-34-31)29(35-38)22-10-14-26(15-11-22)40-25-7-4-3-5-8-25/h1-3,5,7-11,16-17,21,23-25H,4,6,12-15,18-20H2,(H2,33,34,35);1-9,14-15,20,22-24H,10-13,16-19H2,(H2,32,33,34);3-11,14-15,21,23-24H,2,12-13,16-20H2,1H3,(H2,32,33,34)/b9-5+;7-4+;9-6+/t25-;2*24-/m111/s1. The van der Waals surface area contributed by atoms with Crippen LogP contribution in [0.15, 0.2) is 219 Å². The van der Waals surface area contributed by atoms with Gasteiger partial charge >= 0.3 is 0 Å². The minimum Gasteiger partial charge on any atom is -0.457 e. The summed E-state index contributed by atoms with van der Waals surface area (Å²) < 4.78 is 23.7. The Bertz CT molecular complexity index is 5680. The SMILES string of the molecule is CCCN(C/C=C/C(=O)N1CC[C@@H](n2nc(-c3ccc(Oc4ccccc4)cc3)c3c(N)ncnc32)C1)C1CC1.Nc1ncnc2c1c(-c1ccc(Oc3ccccc3)cc1)nn2[C@@H]1CCCN(C(=O)/C=C/CN(C2CC2)C2CC2)C1.Nc1ncnc2c1c(-c1ccc(Oc3ccccc3)cc1)nn2[C@@H]1CCN(C(=O)/C=C/CN(C2CC2)C2CC2)C1. The van der Waals surface area contributed by atoms with Gasteiger partial charge in [-0.05, 0) is 212 Å². The predicted molar refractivity (Wildman–Crippen MR) is 468 cm³/mol. The summed E-state index contributed by atoms with van der Waals surface area (Å²) in [4.78, 5) is 79.0. The third-order valence-electron chi connectivity index (χ3n) is 24.0. The van der Waals surface area contributed by atoms with Crippen molar-refractivity contribution >= 4 is 68.3 Å². The Morgan fingerprint density at radius 2 is 0.678 bits per heavy atom. The highest BCUT2D eigenvalue weighted by atomic mass is 16.5. The number of hydrogen-bond acceptors (Lipinski definition) is 21. The lowest BCUT2D eigenvalue weighted by molar-refractivity contribution is -0.128. The summed E-state index contributed by atoms with van der Waals surface area (Å²) in [7, 11) is 0. The number of amides is 3. The Morgan fingerprint density at radius 1 is 0.372 bits per heavy atom. The zero-order valence-electron chi connectivity index (χ0n) is 68.3. The van der Waals surface area contributed by atoms with E-state index >= 15 is 0 Å². The molecule has 27 nitrogen and oxygen atoms in total. The number of aromatic nitrogens is 12. The van der Waals surface area contributed by atoms with Gasteiger partial charge in [-0.2, -0.15) is 15.3 Å². The first kappa shape index (κ1) is 79.4. The number of ether oxygens (including phenoxy) is 3. The first-order chi connectivity index (χ1) is 59.4. The summed E-state index contributed by atoms with van der Waals surface area (Å²) in [6.45, 7) is 9.72. The van der Waals surface area contributed by atoms with Gasteiger partial charge in [0.1, 0.15) is 88.0 Å². The zero-order valence-corrected chi connectivity index (χ0v) is 68.3. The number of fused-ring (bicyclic) bond motifs is 3. The lowest BCUT2D eigenvalue weighted by Crippen LogP contribution is -2.40. The van der Waals surface area contributed by atoms with Gasteiger partial charge in [0, 0.05) is 124 Å². The van der Waals surface area contributed by atoms with E-state index in [0.717, 1.165) is 173 Å².